The number of carbonyl (C=O) groups is 2. The highest BCUT2D eigenvalue weighted by molar-refractivity contribution is 6.31. The first-order valence-corrected chi connectivity index (χ1v) is 7.57. The van der Waals surface area contributed by atoms with Crippen molar-refractivity contribution in [3.63, 3.8) is 0 Å². The van der Waals surface area contributed by atoms with Crippen LogP contribution in [0.2, 0.25) is 5.02 Å². The van der Waals surface area contributed by atoms with Crippen LogP contribution in [-0.4, -0.2) is 11.9 Å². The average molecular weight is 293 g/mol. The summed E-state index contributed by atoms with van der Waals surface area (Å²) in [5.41, 5.74) is 1.96. The fourth-order valence-electron chi connectivity index (χ4n) is 3.23. The molecule has 1 saturated carbocycles. The minimum atomic E-state index is -0.486. The van der Waals surface area contributed by atoms with E-state index in [1.807, 2.05) is 18.2 Å². The molecule has 1 aromatic carbocycles. The van der Waals surface area contributed by atoms with Crippen LogP contribution in [0.3, 0.4) is 0 Å². The molecule has 2 fully saturated rings. The van der Waals surface area contributed by atoms with Crippen molar-refractivity contribution < 1.29 is 14.3 Å². The van der Waals surface area contributed by atoms with E-state index in [9.17, 15) is 9.59 Å². The van der Waals surface area contributed by atoms with E-state index in [1.165, 1.54) is 37.7 Å². The molecule has 0 N–H and O–H groups in total. The van der Waals surface area contributed by atoms with E-state index >= 15 is 0 Å². The van der Waals surface area contributed by atoms with Gasteiger partial charge in [-0.05, 0) is 36.0 Å². The van der Waals surface area contributed by atoms with Crippen molar-refractivity contribution in [3.05, 3.63) is 34.3 Å². The van der Waals surface area contributed by atoms with Gasteiger partial charge < -0.3 is 4.74 Å². The van der Waals surface area contributed by atoms with Gasteiger partial charge in [-0.25, -0.2) is 0 Å². The van der Waals surface area contributed by atoms with Crippen molar-refractivity contribution in [2.75, 3.05) is 0 Å². The Morgan fingerprint density at radius 3 is 2.45 bits per heavy atom. The number of rotatable bonds is 2. The molecule has 0 bridgehead atoms. The quantitative estimate of drug-likeness (QED) is 0.612. The monoisotopic (exact) mass is 292 g/mol. The van der Waals surface area contributed by atoms with Gasteiger partial charge in [0.1, 0.15) is 0 Å². The zero-order chi connectivity index (χ0) is 14.1. The molecule has 0 radical (unpaired) electrons. The first-order valence-electron chi connectivity index (χ1n) is 7.19. The molecule has 1 aromatic rings. The van der Waals surface area contributed by atoms with Crippen molar-refractivity contribution in [2.24, 2.45) is 0 Å². The van der Waals surface area contributed by atoms with E-state index < -0.39 is 17.9 Å². The van der Waals surface area contributed by atoms with Crippen LogP contribution in [0.4, 0.5) is 0 Å². The van der Waals surface area contributed by atoms with Crippen molar-refractivity contribution >= 4 is 23.5 Å². The van der Waals surface area contributed by atoms with Gasteiger partial charge in [0.2, 0.25) is 0 Å². The fourth-order valence-corrected chi connectivity index (χ4v) is 3.58. The number of esters is 2. The van der Waals surface area contributed by atoms with Gasteiger partial charge >= 0.3 is 11.9 Å². The minimum Gasteiger partial charge on any atom is -0.393 e. The topological polar surface area (TPSA) is 43.4 Å². The van der Waals surface area contributed by atoms with Crippen molar-refractivity contribution in [3.8, 4) is 0 Å². The lowest BCUT2D eigenvalue weighted by atomic mass is 9.83. The van der Waals surface area contributed by atoms with Crippen LogP contribution in [0.25, 0.3) is 0 Å². The number of ether oxygens (including phenoxy) is 1. The maximum Gasteiger partial charge on any atom is 0.321 e. The van der Waals surface area contributed by atoms with Gasteiger partial charge in [-0.2, -0.15) is 0 Å². The highest BCUT2D eigenvalue weighted by Gasteiger charge is 2.35. The lowest BCUT2D eigenvalue weighted by Crippen LogP contribution is -2.08. The number of benzene rings is 1. The summed E-state index contributed by atoms with van der Waals surface area (Å²) in [5, 5.41) is 0.710. The Morgan fingerprint density at radius 2 is 1.85 bits per heavy atom. The lowest BCUT2D eigenvalue weighted by molar-refractivity contribution is -0.152. The summed E-state index contributed by atoms with van der Waals surface area (Å²) in [5.74, 6) is -0.869. The second-order valence-corrected chi connectivity index (χ2v) is 6.07. The van der Waals surface area contributed by atoms with Gasteiger partial charge in [0.05, 0.1) is 12.3 Å². The molecule has 0 amide bonds. The Balaban J connectivity index is 1.83. The van der Waals surface area contributed by atoms with Gasteiger partial charge in [-0.1, -0.05) is 43.0 Å². The normalized spacial score (nSPS) is 23.9. The molecule has 1 unspecified atom stereocenters. The molecule has 106 valence electrons. The van der Waals surface area contributed by atoms with E-state index in [0.717, 1.165) is 5.56 Å². The molecule has 4 heteroatoms. The Morgan fingerprint density at radius 1 is 1.10 bits per heavy atom. The van der Waals surface area contributed by atoms with Crippen LogP contribution in [0.15, 0.2) is 18.2 Å². The first-order chi connectivity index (χ1) is 9.65. The van der Waals surface area contributed by atoms with E-state index in [2.05, 4.69) is 4.74 Å². The van der Waals surface area contributed by atoms with Gasteiger partial charge in [-0.3, -0.25) is 9.59 Å². The highest BCUT2D eigenvalue weighted by atomic mass is 35.5. The van der Waals surface area contributed by atoms with Gasteiger partial charge in [0.15, 0.2) is 0 Å². The summed E-state index contributed by atoms with van der Waals surface area (Å²) < 4.78 is 4.59. The molecular formula is C16H17ClO3. The maximum absolute atomic E-state index is 11.6. The van der Waals surface area contributed by atoms with Gasteiger partial charge in [0.25, 0.3) is 0 Å². The molecule has 1 aliphatic carbocycles. The number of cyclic esters (lactones) is 2. The fraction of sp³-hybridized carbons (Fsp3) is 0.500. The lowest BCUT2D eigenvalue weighted by Gasteiger charge is -2.23. The molecule has 0 aromatic heterocycles. The Kier molecular flexibility index (Phi) is 3.79. The zero-order valence-corrected chi connectivity index (χ0v) is 12.0. The molecule has 1 saturated heterocycles. The molecule has 1 heterocycles. The number of halogens is 1. The highest BCUT2D eigenvalue weighted by Crippen LogP contribution is 2.38. The Labute approximate surface area is 123 Å². The van der Waals surface area contributed by atoms with Crippen LogP contribution in [0, 0.1) is 0 Å². The van der Waals surface area contributed by atoms with E-state index in [-0.39, 0.29) is 6.42 Å². The summed E-state index contributed by atoms with van der Waals surface area (Å²) in [6.07, 6.45) is 6.31. The Hall–Kier alpha value is -1.35. The van der Waals surface area contributed by atoms with Crippen LogP contribution in [0.1, 0.15) is 61.5 Å². The number of carbonyl (C=O) groups excluding carboxylic acids is 2. The summed E-state index contributed by atoms with van der Waals surface area (Å²) in [4.78, 5) is 22.8. The third-order valence-corrected chi connectivity index (χ3v) is 4.67. The smallest absolute Gasteiger partial charge is 0.321 e. The number of hydrogen-bond donors (Lipinski definition) is 0. The third kappa shape index (κ3) is 2.59. The predicted molar refractivity (Wildman–Crippen MR) is 75.7 cm³/mol. The largest absolute Gasteiger partial charge is 0.393 e. The molecule has 0 spiro atoms. The SMILES string of the molecule is O=C1CC(c2ccc(C3CCCCC3)c(Cl)c2)C(=O)O1. The van der Waals surface area contributed by atoms with E-state index in [4.69, 9.17) is 11.6 Å². The third-order valence-electron chi connectivity index (χ3n) is 4.34. The average Bonchev–Trinajstić information content (AvgIpc) is 2.78. The molecule has 1 aliphatic heterocycles. The molecular weight excluding hydrogens is 276 g/mol. The summed E-state index contributed by atoms with van der Waals surface area (Å²) in [6.45, 7) is 0. The zero-order valence-electron chi connectivity index (χ0n) is 11.2. The summed E-state index contributed by atoms with van der Waals surface area (Å²) in [6, 6.07) is 5.76. The molecule has 20 heavy (non-hydrogen) atoms. The van der Waals surface area contributed by atoms with Crippen molar-refractivity contribution in [1.29, 1.82) is 0 Å². The van der Waals surface area contributed by atoms with Crippen LogP contribution in [0.5, 0.6) is 0 Å². The van der Waals surface area contributed by atoms with E-state index in [1.54, 1.807) is 0 Å². The Bertz CT molecular complexity index is 547. The first kappa shape index (κ1) is 13.6. The van der Waals surface area contributed by atoms with Crippen LogP contribution < -0.4 is 0 Å². The molecule has 1 atom stereocenters. The van der Waals surface area contributed by atoms with Crippen LogP contribution >= 0.6 is 11.6 Å². The van der Waals surface area contributed by atoms with Crippen molar-refractivity contribution in [2.45, 2.75) is 50.4 Å². The van der Waals surface area contributed by atoms with Crippen LogP contribution in [-0.2, 0) is 14.3 Å². The standard InChI is InChI=1S/C16H17ClO3/c17-14-8-11(13-9-15(18)20-16(13)19)6-7-12(14)10-4-2-1-3-5-10/h6-8,10,13H,1-5,9H2. The van der Waals surface area contributed by atoms with E-state index in [0.29, 0.717) is 10.9 Å². The van der Waals surface area contributed by atoms with Gasteiger partial charge in [0, 0.05) is 5.02 Å². The summed E-state index contributed by atoms with van der Waals surface area (Å²) in [7, 11) is 0. The molecule has 2 aliphatic rings. The second-order valence-electron chi connectivity index (χ2n) is 5.67. The second kappa shape index (κ2) is 5.57. The molecule has 3 nitrogen and oxygen atoms in total. The minimum absolute atomic E-state index is 0.123. The number of hydrogen-bond acceptors (Lipinski definition) is 3. The molecule has 3 rings (SSSR count). The predicted octanol–water partition coefficient (Wildman–Crippen LogP) is 3.94. The summed E-state index contributed by atoms with van der Waals surface area (Å²) >= 11 is 6.39. The van der Waals surface area contributed by atoms with Crippen molar-refractivity contribution in [1.82, 2.24) is 0 Å². The van der Waals surface area contributed by atoms with Gasteiger partial charge in [-0.15, -0.1) is 0 Å². The maximum atomic E-state index is 11.6.